The van der Waals surface area contributed by atoms with Crippen molar-refractivity contribution in [3.63, 3.8) is 0 Å². The summed E-state index contributed by atoms with van der Waals surface area (Å²) in [6.45, 7) is 2.66. The topological polar surface area (TPSA) is 46.2 Å². The van der Waals surface area contributed by atoms with E-state index in [2.05, 4.69) is 51.3 Å². The number of ether oxygens (including phenoxy) is 1. The van der Waals surface area contributed by atoms with E-state index in [0.717, 1.165) is 24.8 Å². The van der Waals surface area contributed by atoms with Gasteiger partial charge >= 0.3 is 0 Å². The van der Waals surface area contributed by atoms with Crippen LogP contribution < -0.4 is 10.6 Å². The third-order valence-electron chi connectivity index (χ3n) is 5.25. The van der Waals surface area contributed by atoms with Gasteiger partial charge in [0.1, 0.15) is 5.01 Å². The van der Waals surface area contributed by atoms with Crippen LogP contribution in [0, 0.1) is 5.92 Å². The summed E-state index contributed by atoms with van der Waals surface area (Å²) in [5.74, 6) is 0.636. The van der Waals surface area contributed by atoms with Gasteiger partial charge in [-0.3, -0.25) is 0 Å². The highest BCUT2D eigenvalue weighted by Crippen LogP contribution is 2.33. The van der Waals surface area contributed by atoms with Gasteiger partial charge < -0.3 is 15.4 Å². The molecule has 1 saturated heterocycles. The zero-order valence-corrected chi connectivity index (χ0v) is 15.9. The average Bonchev–Trinajstić information content (AvgIpc) is 3.33. The predicted octanol–water partition coefficient (Wildman–Crippen LogP) is 3.40. The molecule has 136 valence electrons. The number of thiazole rings is 1. The number of aromatic nitrogens is 1. The number of benzene rings is 1. The van der Waals surface area contributed by atoms with E-state index in [1.165, 1.54) is 24.8 Å². The minimum atomic E-state index is 0. The van der Waals surface area contributed by atoms with Gasteiger partial charge in [-0.05, 0) is 24.3 Å². The lowest BCUT2D eigenvalue weighted by atomic mass is 9.93. The van der Waals surface area contributed by atoms with E-state index >= 15 is 0 Å². The Kier molecular flexibility index (Phi) is 6.84. The van der Waals surface area contributed by atoms with E-state index in [-0.39, 0.29) is 18.4 Å². The van der Waals surface area contributed by atoms with Crippen molar-refractivity contribution in [3.05, 3.63) is 52.5 Å². The molecule has 1 aliphatic heterocycles. The highest BCUT2D eigenvalue weighted by atomic mass is 35.5. The third kappa shape index (κ3) is 4.41. The van der Waals surface area contributed by atoms with E-state index in [4.69, 9.17) is 4.74 Å². The Labute approximate surface area is 159 Å². The van der Waals surface area contributed by atoms with Gasteiger partial charge in [-0.25, -0.2) is 4.98 Å². The Morgan fingerprint density at radius 3 is 2.84 bits per heavy atom. The van der Waals surface area contributed by atoms with Crippen LogP contribution in [0.1, 0.15) is 35.9 Å². The molecule has 1 saturated carbocycles. The van der Waals surface area contributed by atoms with Crippen LogP contribution >= 0.6 is 23.7 Å². The number of hydrogen-bond acceptors (Lipinski definition) is 5. The molecule has 25 heavy (non-hydrogen) atoms. The molecule has 2 aromatic rings. The van der Waals surface area contributed by atoms with Crippen LogP contribution in [0.25, 0.3) is 0 Å². The highest BCUT2D eigenvalue weighted by Gasteiger charge is 2.36. The lowest BCUT2D eigenvalue weighted by Crippen LogP contribution is -2.51. The summed E-state index contributed by atoms with van der Waals surface area (Å²) >= 11 is 1.73. The molecule has 0 amide bonds. The van der Waals surface area contributed by atoms with Gasteiger partial charge in [-0.2, -0.15) is 0 Å². The monoisotopic (exact) mass is 379 g/mol. The first-order chi connectivity index (χ1) is 11.9. The molecule has 2 heterocycles. The SMILES string of the molecule is Cl.c1ccc(C(NC2CCCC2C2COCCN2)c2nccs2)cc1. The Bertz CT molecular complexity index is 619. The van der Waals surface area contributed by atoms with Gasteiger partial charge in [0, 0.05) is 30.2 Å². The van der Waals surface area contributed by atoms with Crippen molar-refractivity contribution in [3.8, 4) is 0 Å². The normalized spacial score (nSPS) is 27.6. The fourth-order valence-corrected chi connectivity index (χ4v) is 4.81. The lowest BCUT2D eigenvalue weighted by Gasteiger charge is -2.34. The Morgan fingerprint density at radius 1 is 1.24 bits per heavy atom. The van der Waals surface area contributed by atoms with Crippen LogP contribution in [0.2, 0.25) is 0 Å². The molecule has 4 nitrogen and oxygen atoms in total. The fourth-order valence-electron chi connectivity index (χ4n) is 4.08. The number of nitrogens with one attached hydrogen (secondary N) is 2. The van der Waals surface area contributed by atoms with Crippen molar-refractivity contribution >= 4 is 23.7 Å². The largest absolute Gasteiger partial charge is 0.379 e. The Hall–Kier alpha value is -0.980. The molecule has 0 radical (unpaired) electrons. The maximum Gasteiger partial charge on any atom is 0.114 e. The zero-order chi connectivity index (χ0) is 16.2. The molecular formula is C19H26ClN3OS. The molecule has 1 aliphatic carbocycles. The van der Waals surface area contributed by atoms with Gasteiger partial charge in [0.05, 0.1) is 19.3 Å². The number of nitrogens with zero attached hydrogens (tertiary/aromatic N) is 1. The maximum atomic E-state index is 5.70. The van der Waals surface area contributed by atoms with Gasteiger partial charge in [0.25, 0.3) is 0 Å². The second kappa shape index (κ2) is 9.10. The molecule has 4 atom stereocenters. The smallest absolute Gasteiger partial charge is 0.114 e. The molecule has 4 unspecified atom stereocenters. The maximum absolute atomic E-state index is 5.70. The minimum Gasteiger partial charge on any atom is -0.379 e. The van der Waals surface area contributed by atoms with Crippen LogP contribution in [0.3, 0.4) is 0 Å². The molecule has 4 rings (SSSR count). The summed E-state index contributed by atoms with van der Waals surface area (Å²) in [7, 11) is 0. The molecular weight excluding hydrogens is 354 g/mol. The zero-order valence-electron chi connectivity index (χ0n) is 14.3. The van der Waals surface area contributed by atoms with Gasteiger partial charge in [-0.15, -0.1) is 23.7 Å². The summed E-state index contributed by atoms with van der Waals surface area (Å²) in [5, 5.41) is 10.8. The van der Waals surface area contributed by atoms with Crippen molar-refractivity contribution < 1.29 is 4.74 Å². The number of hydrogen-bond donors (Lipinski definition) is 2. The standard InChI is InChI=1S/C19H25N3OS.ClH/c1-2-5-14(6-3-1)18(19-21-10-12-24-19)22-16-8-4-7-15(16)17-13-23-11-9-20-17;/h1-3,5-6,10,12,15-18,20,22H,4,7-9,11,13H2;1H. The van der Waals surface area contributed by atoms with E-state index in [0.29, 0.717) is 18.0 Å². The van der Waals surface area contributed by atoms with Gasteiger partial charge in [0.2, 0.25) is 0 Å². The van der Waals surface area contributed by atoms with Crippen molar-refractivity contribution in [1.82, 2.24) is 15.6 Å². The number of rotatable bonds is 5. The van der Waals surface area contributed by atoms with Crippen molar-refractivity contribution in [1.29, 1.82) is 0 Å². The fraction of sp³-hybridized carbons (Fsp3) is 0.526. The first-order valence-electron chi connectivity index (χ1n) is 8.93. The lowest BCUT2D eigenvalue weighted by molar-refractivity contribution is 0.0520. The summed E-state index contributed by atoms with van der Waals surface area (Å²) in [5.41, 5.74) is 1.30. The second-order valence-corrected chi connectivity index (χ2v) is 7.64. The van der Waals surface area contributed by atoms with Crippen LogP contribution in [-0.2, 0) is 4.74 Å². The van der Waals surface area contributed by atoms with Crippen LogP contribution in [0.15, 0.2) is 41.9 Å². The van der Waals surface area contributed by atoms with Crippen molar-refractivity contribution in [2.24, 2.45) is 5.92 Å². The number of halogens is 1. The van der Waals surface area contributed by atoms with E-state index in [1.54, 1.807) is 11.3 Å². The Morgan fingerprint density at radius 2 is 2.12 bits per heavy atom. The minimum absolute atomic E-state index is 0. The number of morpholine rings is 1. The van der Waals surface area contributed by atoms with Crippen LogP contribution in [0.5, 0.6) is 0 Å². The van der Waals surface area contributed by atoms with E-state index < -0.39 is 0 Å². The summed E-state index contributed by atoms with van der Waals surface area (Å²) in [6, 6.07) is 11.9. The van der Waals surface area contributed by atoms with Crippen LogP contribution in [0.4, 0.5) is 0 Å². The average molecular weight is 380 g/mol. The van der Waals surface area contributed by atoms with Crippen LogP contribution in [-0.4, -0.2) is 36.8 Å². The molecule has 0 bridgehead atoms. The van der Waals surface area contributed by atoms with Crippen molar-refractivity contribution in [2.75, 3.05) is 19.8 Å². The first kappa shape index (κ1) is 18.8. The van der Waals surface area contributed by atoms with E-state index in [1.807, 2.05) is 6.20 Å². The molecule has 1 aromatic heterocycles. The molecule has 2 fully saturated rings. The van der Waals surface area contributed by atoms with E-state index in [9.17, 15) is 0 Å². The molecule has 0 spiro atoms. The van der Waals surface area contributed by atoms with Crippen molar-refractivity contribution in [2.45, 2.75) is 37.4 Å². The molecule has 1 aromatic carbocycles. The first-order valence-corrected chi connectivity index (χ1v) is 9.81. The van der Waals surface area contributed by atoms with Gasteiger partial charge in [-0.1, -0.05) is 36.8 Å². The molecule has 6 heteroatoms. The Balaban J connectivity index is 0.00000182. The summed E-state index contributed by atoms with van der Waals surface area (Å²) in [4.78, 5) is 4.59. The molecule has 2 N–H and O–H groups in total. The second-order valence-electron chi connectivity index (χ2n) is 6.72. The highest BCUT2D eigenvalue weighted by molar-refractivity contribution is 7.09. The summed E-state index contributed by atoms with van der Waals surface area (Å²) < 4.78 is 5.70. The third-order valence-corrected chi connectivity index (χ3v) is 6.09. The predicted molar refractivity (Wildman–Crippen MR) is 105 cm³/mol. The molecule has 2 aliphatic rings. The quantitative estimate of drug-likeness (QED) is 0.835. The summed E-state index contributed by atoms with van der Waals surface area (Å²) in [6.07, 6.45) is 5.70. The van der Waals surface area contributed by atoms with Gasteiger partial charge in [0.15, 0.2) is 0 Å².